The predicted octanol–water partition coefficient (Wildman–Crippen LogP) is 3.19. The smallest absolute Gasteiger partial charge is 0.231 e. The maximum atomic E-state index is 5.79. The first-order chi connectivity index (χ1) is 12.3. The highest BCUT2D eigenvalue weighted by Gasteiger charge is 2.29. The average molecular weight is 340 g/mol. The van der Waals surface area contributed by atoms with Gasteiger partial charge in [-0.2, -0.15) is 0 Å². The van der Waals surface area contributed by atoms with Crippen LogP contribution in [0, 0.1) is 11.8 Å². The molecule has 130 valence electrons. The van der Waals surface area contributed by atoms with Gasteiger partial charge in [-0.1, -0.05) is 12.1 Å². The van der Waals surface area contributed by atoms with Gasteiger partial charge in [-0.3, -0.25) is 0 Å². The lowest BCUT2D eigenvalue weighted by molar-refractivity contribution is 0.173. The van der Waals surface area contributed by atoms with Crippen LogP contribution in [0.3, 0.4) is 0 Å². The number of fused-ring (bicyclic) bond motifs is 2. The molecule has 0 bridgehead atoms. The van der Waals surface area contributed by atoms with Gasteiger partial charge in [0.2, 0.25) is 13.6 Å². The van der Waals surface area contributed by atoms with Gasteiger partial charge in [0, 0.05) is 0 Å². The van der Waals surface area contributed by atoms with Crippen molar-refractivity contribution in [2.24, 2.45) is 11.8 Å². The Bertz CT molecular complexity index is 722. The highest BCUT2D eigenvalue weighted by Crippen LogP contribution is 2.37. The van der Waals surface area contributed by atoms with E-state index in [4.69, 9.17) is 23.7 Å². The Morgan fingerprint density at radius 1 is 0.640 bits per heavy atom. The third kappa shape index (κ3) is 2.89. The summed E-state index contributed by atoms with van der Waals surface area (Å²) in [6, 6.07) is 12.4. The van der Waals surface area contributed by atoms with Crippen LogP contribution >= 0.6 is 0 Å². The second-order valence-electron chi connectivity index (χ2n) is 6.84. The molecule has 0 aliphatic carbocycles. The van der Waals surface area contributed by atoms with Crippen LogP contribution in [0.2, 0.25) is 0 Å². The van der Waals surface area contributed by atoms with Crippen LogP contribution < -0.4 is 18.9 Å². The van der Waals surface area contributed by atoms with Crippen molar-refractivity contribution in [1.82, 2.24) is 0 Å². The normalized spacial score (nSPS) is 23.2. The van der Waals surface area contributed by atoms with Gasteiger partial charge >= 0.3 is 0 Å². The van der Waals surface area contributed by atoms with E-state index in [0.717, 1.165) is 49.1 Å². The maximum absolute atomic E-state index is 5.79. The SMILES string of the molecule is c1cc2c(cc1C[C@H]1COC[C@H]1Cc1ccc3c(c1)OCO3)OCO2. The lowest BCUT2D eigenvalue weighted by Gasteiger charge is -2.18. The summed E-state index contributed by atoms with van der Waals surface area (Å²) in [4.78, 5) is 0. The average Bonchev–Trinajstić information content (AvgIpc) is 3.35. The van der Waals surface area contributed by atoms with Gasteiger partial charge in [-0.15, -0.1) is 0 Å². The van der Waals surface area contributed by atoms with Gasteiger partial charge < -0.3 is 23.7 Å². The first kappa shape index (κ1) is 14.9. The summed E-state index contributed by atoms with van der Waals surface area (Å²) in [5.74, 6) is 4.38. The molecule has 0 unspecified atom stereocenters. The van der Waals surface area contributed by atoms with Crippen molar-refractivity contribution in [1.29, 1.82) is 0 Å². The molecule has 3 aliphatic rings. The fourth-order valence-electron chi connectivity index (χ4n) is 3.84. The second kappa shape index (κ2) is 6.15. The van der Waals surface area contributed by atoms with Gasteiger partial charge in [0.05, 0.1) is 13.2 Å². The minimum atomic E-state index is 0.318. The molecule has 5 nitrogen and oxygen atoms in total. The highest BCUT2D eigenvalue weighted by molar-refractivity contribution is 5.45. The first-order valence-electron chi connectivity index (χ1n) is 8.70. The third-order valence-electron chi connectivity index (χ3n) is 5.20. The quantitative estimate of drug-likeness (QED) is 0.855. The lowest BCUT2D eigenvalue weighted by Crippen LogP contribution is -2.17. The molecule has 0 saturated carbocycles. The van der Waals surface area contributed by atoms with Crippen LogP contribution in [0.1, 0.15) is 11.1 Å². The summed E-state index contributed by atoms with van der Waals surface area (Å²) < 4.78 is 27.5. The molecule has 5 heteroatoms. The van der Waals surface area contributed by atoms with E-state index in [1.165, 1.54) is 11.1 Å². The lowest BCUT2D eigenvalue weighted by atomic mass is 9.85. The van der Waals surface area contributed by atoms with E-state index in [1.54, 1.807) is 0 Å². The maximum Gasteiger partial charge on any atom is 0.231 e. The van der Waals surface area contributed by atoms with Crippen molar-refractivity contribution in [2.45, 2.75) is 12.8 Å². The Morgan fingerprint density at radius 3 is 1.64 bits per heavy atom. The van der Waals surface area contributed by atoms with E-state index in [-0.39, 0.29) is 0 Å². The molecular weight excluding hydrogens is 320 g/mol. The Hall–Kier alpha value is -2.40. The largest absolute Gasteiger partial charge is 0.454 e. The van der Waals surface area contributed by atoms with Crippen molar-refractivity contribution in [3.8, 4) is 23.0 Å². The Morgan fingerprint density at radius 2 is 1.12 bits per heavy atom. The first-order valence-corrected chi connectivity index (χ1v) is 8.70. The molecule has 1 fully saturated rings. The summed E-state index contributed by atoms with van der Waals surface area (Å²) >= 11 is 0. The minimum absolute atomic E-state index is 0.318. The molecule has 0 spiro atoms. The topological polar surface area (TPSA) is 46.2 Å². The number of hydrogen-bond donors (Lipinski definition) is 0. The van der Waals surface area contributed by atoms with Gasteiger partial charge in [-0.25, -0.2) is 0 Å². The van der Waals surface area contributed by atoms with Crippen LogP contribution in [0.25, 0.3) is 0 Å². The minimum Gasteiger partial charge on any atom is -0.454 e. The molecule has 3 heterocycles. The van der Waals surface area contributed by atoms with Crippen molar-refractivity contribution < 1.29 is 23.7 Å². The summed E-state index contributed by atoms with van der Waals surface area (Å²) in [5, 5.41) is 0. The zero-order chi connectivity index (χ0) is 16.6. The molecule has 0 amide bonds. The Labute approximate surface area is 146 Å². The highest BCUT2D eigenvalue weighted by atomic mass is 16.7. The van der Waals surface area contributed by atoms with E-state index in [9.17, 15) is 0 Å². The molecule has 2 aromatic carbocycles. The van der Waals surface area contributed by atoms with E-state index >= 15 is 0 Å². The van der Waals surface area contributed by atoms with Gasteiger partial charge in [0.25, 0.3) is 0 Å². The monoisotopic (exact) mass is 340 g/mol. The molecular formula is C20H20O5. The van der Waals surface area contributed by atoms with Crippen molar-refractivity contribution in [3.05, 3.63) is 47.5 Å². The summed E-state index contributed by atoms with van der Waals surface area (Å²) in [5.41, 5.74) is 2.55. The van der Waals surface area contributed by atoms with Crippen LogP contribution in [0.5, 0.6) is 23.0 Å². The summed E-state index contributed by atoms with van der Waals surface area (Å²) in [7, 11) is 0. The van der Waals surface area contributed by atoms with E-state index < -0.39 is 0 Å². The van der Waals surface area contributed by atoms with Crippen molar-refractivity contribution in [2.75, 3.05) is 26.8 Å². The predicted molar refractivity (Wildman–Crippen MR) is 90.3 cm³/mol. The number of ether oxygens (including phenoxy) is 5. The fraction of sp³-hybridized carbons (Fsp3) is 0.400. The van der Waals surface area contributed by atoms with E-state index in [1.807, 2.05) is 12.1 Å². The van der Waals surface area contributed by atoms with Gasteiger partial charge in [0.1, 0.15) is 0 Å². The number of rotatable bonds is 4. The molecule has 2 aromatic rings. The molecule has 1 saturated heterocycles. The molecule has 0 radical (unpaired) electrons. The van der Waals surface area contributed by atoms with Crippen molar-refractivity contribution in [3.63, 3.8) is 0 Å². The number of hydrogen-bond acceptors (Lipinski definition) is 5. The van der Waals surface area contributed by atoms with Crippen LogP contribution in [-0.2, 0) is 17.6 Å². The molecule has 0 N–H and O–H groups in total. The summed E-state index contributed by atoms with van der Waals surface area (Å²) in [6.45, 7) is 2.25. The fourth-order valence-corrected chi connectivity index (χ4v) is 3.84. The van der Waals surface area contributed by atoms with E-state index in [2.05, 4.69) is 24.3 Å². The summed E-state index contributed by atoms with van der Waals surface area (Å²) in [6.07, 6.45) is 1.98. The van der Waals surface area contributed by atoms with Crippen LogP contribution in [0.4, 0.5) is 0 Å². The zero-order valence-corrected chi connectivity index (χ0v) is 13.9. The Balaban J connectivity index is 1.29. The second-order valence-corrected chi connectivity index (χ2v) is 6.84. The van der Waals surface area contributed by atoms with Crippen LogP contribution in [0.15, 0.2) is 36.4 Å². The molecule has 3 aliphatic heterocycles. The standard InChI is InChI=1S/C20H20O5/c1-3-17-19(24-11-22-17)7-13(1)5-15-9-21-10-16(15)6-14-2-4-18-20(8-14)25-12-23-18/h1-4,7-8,15-16H,5-6,9-12H2/t15-,16+. The third-order valence-corrected chi connectivity index (χ3v) is 5.20. The molecule has 25 heavy (non-hydrogen) atoms. The Kier molecular flexibility index (Phi) is 3.67. The van der Waals surface area contributed by atoms with E-state index in [0.29, 0.717) is 25.4 Å². The molecule has 2 atom stereocenters. The van der Waals surface area contributed by atoms with Crippen molar-refractivity contribution >= 4 is 0 Å². The zero-order valence-electron chi connectivity index (χ0n) is 13.9. The number of benzene rings is 2. The molecule has 5 rings (SSSR count). The van der Waals surface area contributed by atoms with Crippen LogP contribution in [-0.4, -0.2) is 26.8 Å². The molecule has 0 aromatic heterocycles. The van der Waals surface area contributed by atoms with Gasteiger partial charge in [0.15, 0.2) is 23.0 Å². The van der Waals surface area contributed by atoms with Gasteiger partial charge in [-0.05, 0) is 60.1 Å².